The molecule has 0 saturated carbocycles. The van der Waals surface area contributed by atoms with Crippen molar-refractivity contribution in [1.82, 2.24) is 15.1 Å². The first-order chi connectivity index (χ1) is 13.7. The Morgan fingerprint density at radius 1 is 0.966 bits per heavy atom. The largest absolute Gasteiger partial charge is 0.457 e. The molecule has 0 atom stereocenters. The number of nitrogens with one attached hydrogen (secondary N) is 1. The van der Waals surface area contributed by atoms with Gasteiger partial charge in [0.25, 0.3) is 0 Å². The average Bonchev–Trinajstić information content (AvgIpc) is 2.73. The third-order valence-corrected chi connectivity index (χ3v) is 4.67. The second kappa shape index (κ2) is 11.6. The minimum Gasteiger partial charge on any atom is -0.457 e. The summed E-state index contributed by atoms with van der Waals surface area (Å²) in [6.07, 6.45) is 0. The van der Waals surface area contributed by atoms with Gasteiger partial charge in [-0.2, -0.15) is 0 Å². The summed E-state index contributed by atoms with van der Waals surface area (Å²) in [5, 5.41) is 3.36. The summed E-state index contributed by atoms with van der Waals surface area (Å²) in [5.74, 6) is 2.67. The van der Waals surface area contributed by atoms with E-state index >= 15 is 0 Å². The lowest BCUT2D eigenvalue weighted by Crippen LogP contribution is -2.53. The molecule has 1 aliphatic heterocycles. The fourth-order valence-corrected chi connectivity index (χ4v) is 3.11. The molecule has 2 aromatic rings. The summed E-state index contributed by atoms with van der Waals surface area (Å²) < 4.78 is 5.83. The van der Waals surface area contributed by atoms with Crippen LogP contribution in [0.5, 0.6) is 11.5 Å². The topological polar surface area (TPSA) is 57.2 Å². The van der Waals surface area contributed by atoms with Crippen molar-refractivity contribution in [2.75, 3.05) is 32.7 Å². The van der Waals surface area contributed by atoms with Crippen molar-refractivity contribution in [2.45, 2.75) is 20.4 Å². The van der Waals surface area contributed by atoms with Crippen LogP contribution in [-0.4, -0.2) is 54.4 Å². The molecule has 1 N–H and O–H groups in total. The van der Waals surface area contributed by atoms with Gasteiger partial charge in [0.2, 0.25) is 5.91 Å². The molecule has 1 heterocycles. The van der Waals surface area contributed by atoms with Gasteiger partial charge in [-0.1, -0.05) is 30.3 Å². The van der Waals surface area contributed by atoms with E-state index in [-0.39, 0.29) is 29.9 Å². The zero-order valence-electron chi connectivity index (χ0n) is 17.0. The van der Waals surface area contributed by atoms with Crippen LogP contribution in [-0.2, 0) is 11.3 Å². The third kappa shape index (κ3) is 6.92. The van der Waals surface area contributed by atoms with E-state index in [4.69, 9.17) is 9.73 Å². The van der Waals surface area contributed by atoms with Crippen LogP contribution >= 0.6 is 24.0 Å². The molecule has 1 aliphatic rings. The summed E-state index contributed by atoms with van der Waals surface area (Å²) in [6.45, 7) is 8.19. The first kappa shape index (κ1) is 23.0. The highest BCUT2D eigenvalue weighted by molar-refractivity contribution is 14.0. The van der Waals surface area contributed by atoms with Crippen LogP contribution in [0.2, 0.25) is 0 Å². The van der Waals surface area contributed by atoms with Crippen LogP contribution in [0.25, 0.3) is 0 Å². The number of hydrogen-bond acceptors (Lipinski definition) is 3. The molecule has 29 heavy (non-hydrogen) atoms. The van der Waals surface area contributed by atoms with Crippen LogP contribution < -0.4 is 10.1 Å². The van der Waals surface area contributed by atoms with E-state index in [9.17, 15) is 4.79 Å². The first-order valence-corrected chi connectivity index (χ1v) is 9.76. The first-order valence-electron chi connectivity index (χ1n) is 9.76. The highest BCUT2D eigenvalue weighted by atomic mass is 127. The molecule has 0 aliphatic carbocycles. The minimum absolute atomic E-state index is 0. The van der Waals surface area contributed by atoms with Crippen LogP contribution in [0.3, 0.4) is 0 Å². The maximum absolute atomic E-state index is 11.5. The van der Waals surface area contributed by atoms with Crippen molar-refractivity contribution in [2.24, 2.45) is 4.99 Å². The Bertz CT molecular complexity index is 788. The number of para-hydroxylation sites is 1. The second-order valence-electron chi connectivity index (χ2n) is 6.72. The van der Waals surface area contributed by atoms with Crippen LogP contribution in [0.1, 0.15) is 19.4 Å². The van der Waals surface area contributed by atoms with Crippen molar-refractivity contribution >= 4 is 35.8 Å². The van der Waals surface area contributed by atoms with Gasteiger partial charge in [-0.15, -0.1) is 24.0 Å². The Hall–Kier alpha value is -2.29. The molecule has 0 aromatic heterocycles. The molecule has 1 saturated heterocycles. The van der Waals surface area contributed by atoms with Crippen LogP contribution in [0, 0.1) is 0 Å². The van der Waals surface area contributed by atoms with Gasteiger partial charge in [0.15, 0.2) is 5.96 Å². The number of ether oxygens (including phenoxy) is 1. The number of rotatable bonds is 5. The normalized spacial score (nSPS) is 14.2. The Morgan fingerprint density at radius 2 is 1.55 bits per heavy atom. The molecule has 3 rings (SSSR count). The molecule has 1 amide bonds. The lowest BCUT2D eigenvalue weighted by atomic mass is 10.2. The van der Waals surface area contributed by atoms with E-state index in [1.165, 1.54) is 0 Å². The standard InChI is InChI=1S/C22H28N4O2.HI/c1-3-23-22(26-15-13-25(14-16-26)18(2)27)24-17-19-9-11-21(12-10-19)28-20-7-5-4-6-8-20;/h4-12H,3,13-17H2,1-2H3,(H,23,24);1H. The fourth-order valence-electron chi connectivity index (χ4n) is 3.11. The lowest BCUT2D eigenvalue weighted by molar-refractivity contribution is -0.130. The number of hydrogen-bond donors (Lipinski definition) is 1. The van der Waals surface area contributed by atoms with Crippen molar-refractivity contribution in [3.63, 3.8) is 0 Å². The lowest BCUT2D eigenvalue weighted by Gasteiger charge is -2.36. The predicted octanol–water partition coefficient (Wildman–Crippen LogP) is 3.73. The van der Waals surface area contributed by atoms with Crippen LogP contribution in [0.4, 0.5) is 0 Å². The van der Waals surface area contributed by atoms with Gasteiger partial charge in [0.05, 0.1) is 6.54 Å². The summed E-state index contributed by atoms with van der Waals surface area (Å²) in [5.41, 5.74) is 1.12. The van der Waals surface area contributed by atoms with Crippen LogP contribution in [0.15, 0.2) is 59.6 Å². The monoisotopic (exact) mass is 508 g/mol. The molecule has 1 fully saturated rings. The summed E-state index contributed by atoms with van der Waals surface area (Å²) in [7, 11) is 0. The number of carbonyl (C=O) groups is 1. The zero-order valence-corrected chi connectivity index (χ0v) is 19.3. The number of nitrogens with zero attached hydrogens (tertiary/aromatic N) is 3. The number of aliphatic imine (C=N–C) groups is 1. The number of amides is 1. The van der Waals surface area contributed by atoms with Crippen molar-refractivity contribution < 1.29 is 9.53 Å². The van der Waals surface area contributed by atoms with Gasteiger partial charge in [-0.3, -0.25) is 4.79 Å². The maximum atomic E-state index is 11.5. The van der Waals surface area contributed by atoms with Gasteiger partial charge in [0.1, 0.15) is 11.5 Å². The molecule has 0 spiro atoms. The third-order valence-electron chi connectivity index (χ3n) is 4.67. The van der Waals surface area contributed by atoms with E-state index in [1.807, 2.05) is 59.5 Å². The Balaban J connectivity index is 0.00000300. The summed E-state index contributed by atoms with van der Waals surface area (Å²) in [6, 6.07) is 17.8. The van der Waals surface area contributed by atoms with E-state index < -0.39 is 0 Å². The van der Waals surface area contributed by atoms with Crippen molar-refractivity contribution in [3.05, 3.63) is 60.2 Å². The van der Waals surface area contributed by atoms with E-state index in [1.54, 1.807) is 6.92 Å². The summed E-state index contributed by atoms with van der Waals surface area (Å²) >= 11 is 0. The van der Waals surface area contributed by atoms with Gasteiger partial charge in [-0.05, 0) is 36.8 Å². The number of guanidine groups is 1. The Labute approximate surface area is 190 Å². The number of carbonyl (C=O) groups excluding carboxylic acids is 1. The Morgan fingerprint density at radius 3 is 2.14 bits per heavy atom. The van der Waals surface area contributed by atoms with E-state index in [0.29, 0.717) is 6.54 Å². The molecular formula is C22H29IN4O2. The number of benzene rings is 2. The maximum Gasteiger partial charge on any atom is 0.219 e. The highest BCUT2D eigenvalue weighted by Gasteiger charge is 2.20. The second-order valence-corrected chi connectivity index (χ2v) is 6.72. The molecular weight excluding hydrogens is 479 g/mol. The van der Waals surface area contributed by atoms with Gasteiger partial charge < -0.3 is 19.9 Å². The van der Waals surface area contributed by atoms with Crippen molar-refractivity contribution in [1.29, 1.82) is 0 Å². The summed E-state index contributed by atoms with van der Waals surface area (Å²) in [4.78, 5) is 20.4. The minimum atomic E-state index is 0. The molecule has 0 bridgehead atoms. The molecule has 156 valence electrons. The highest BCUT2D eigenvalue weighted by Crippen LogP contribution is 2.21. The molecule has 6 nitrogen and oxygen atoms in total. The molecule has 0 unspecified atom stereocenters. The van der Waals surface area contributed by atoms with E-state index in [0.717, 1.165) is 55.7 Å². The Kier molecular flexibility index (Phi) is 9.24. The smallest absolute Gasteiger partial charge is 0.219 e. The fraction of sp³-hybridized carbons (Fsp3) is 0.364. The van der Waals surface area contributed by atoms with E-state index in [2.05, 4.69) is 17.1 Å². The number of halogens is 1. The number of piperazine rings is 1. The van der Waals surface area contributed by atoms with Gasteiger partial charge >= 0.3 is 0 Å². The molecule has 7 heteroatoms. The molecule has 2 aromatic carbocycles. The SMILES string of the molecule is CCNC(=NCc1ccc(Oc2ccccc2)cc1)N1CCN(C(C)=O)CC1.I. The average molecular weight is 508 g/mol. The van der Waals surface area contributed by atoms with Crippen molar-refractivity contribution in [3.8, 4) is 11.5 Å². The molecule has 0 radical (unpaired) electrons. The predicted molar refractivity (Wildman–Crippen MR) is 127 cm³/mol. The van der Waals surface area contributed by atoms with Gasteiger partial charge in [-0.25, -0.2) is 4.99 Å². The zero-order chi connectivity index (χ0) is 19.8. The van der Waals surface area contributed by atoms with Gasteiger partial charge in [0, 0.05) is 39.6 Å². The quantitative estimate of drug-likeness (QED) is 0.380.